The largest absolute Gasteiger partial charge is 0.397 e. The van der Waals surface area contributed by atoms with Crippen LogP contribution in [-0.2, 0) is 0 Å². The molecule has 0 aliphatic heterocycles. The molecule has 0 saturated heterocycles. The topological polar surface area (TPSA) is 70.9 Å². The van der Waals surface area contributed by atoms with Gasteiger partial charge < -0.3 is 16.0 Å². The summed E-state index contributed by atoms with van der Waals surface area (Å²) in [4.78, 5) is 14.9. The van der Waals surface area contributed by atoms with E-state index < -0.39 is 0 Å². The van der Waals surface area contributed by atoms with Crippen LogP contribution < -0.4 is 11.1 Å². The third-order valence-electron chi connectivity index (χ3n) is 3.19. The number of aromatic amines is 1. The van der Waals surface area contributed by atoms with Gasteiger partial charge in [0.25, 0.3) is 5.91 Å². The van der Waals surface area contributed by atoms with E-state index in [1.807, 2.05) is 6.92 Å². The summed E-state index contributed by atoms with van der Waals surface area (Å²) in [5.74, 6) is -0.149. The maximum atomic E-state index is 12.0. The summed E-state index contributed by atoms with van der Waals surface area (Å²) in [5.41, 5.74) is 10.2. The Morgan fingerprint density at radius 3 is 2.63 bits per heavy atom. The lowest BCUT2D eigenvalue weighted by molar-refractivity contribution is 0.0935. The first kappa shape index (κ1) is 13.2. The first-order valence-electron chi connectivity index (χ1n) is 6.29. The van der Waals surface area contributed by atoms with Crippen LogP contribution in [0.15, 0.2) is 30.5 Å². The Kier molecular flexibility index (Phi) is 3.60. The Hall–Kier alpha value is -2.23. The molecule has 1 amide bonds. The molecule has 4 nitrogen and oxygen atoms in total. The van der Waals surface area contributed by atoms with E-state index in [0.29, 0.717) is 11.4 Å². The lowest BCUT2D eigenvalue weighted by Crippen LogP contribution is -2.27. The van der Waals surface area contributed by atoms with Crippen LogP contribution in [0.1, 0.15) is 40.1 Å². The summed E-state index contributed by atoms with van der Waals surface area (Å²) in [5, 5.41) is 2.96. The summed E-state index contributed by atoms with van der Waals surface area (Å²) in [6.45, 7) is 6.08. The first-order valence-corrected chi connectivity index (χ1v) is 6.29. The molecule has 0 bridgehead atoms. The van der Waals surface area contributed by atoms with Crippen molar-refractivity contribution in [1.29, 1.82) is 0 Å². The number of nitrogens with two attached hydrogens (primary N) is 1. The predicted octanol–water partition coefficient (Wildman–Crippen LogP) is 2.70. The molecule has 1 aromatic carbocycles. The highest BCUT2D eigenvalue weighted by molar-refractivity contribution is 5.93. The Bertz CT molecular complexity index is 601. The lowest BCUT2D eigenvalue weighted by Gasteiger charge is -2.16. The second-order valence-corrected chi connectivity index (χ2v) is 4.90. The van der Waals surface area contributed by atoms with Crippen LogP contribution in [0.5, 0.6) is 0 Å². The van der Waals surface area contributed by atoms with E-state index in [1.165, 1.54) is 11.1 Å². The van der Waals surface area contributed by atoms with Gasteiger partial charge >= 0.3 is 0 Å². The fraction of sp³-hybridized carbons (Fsp3) is 0.267. The summed E-state index contributed by atoms with van der Waals surface area (Å²) >= 11 is 0. The highest BCUT2D eigenvalue weighted by atomic mass is 16.1. The normalized spacial score (nSPS) is 12.2. The molecule has 2 rings (SSSR count). The van der Waals surface area contributed by atoms with Crippen LogP contribution >= 0.6 is 0 Å². The lowest BCUT2D eigenvalue weighted by atomic mass is 10.0. The number of carbonyl (C=O) groups is 1. The van der Waals surface area contributed by atoms with Gasteiger partial charge in [0.15, 0.2) is 0 Å². The molecule has 0 radical (unpaired) electrons. The molecular formula is C15H19N3O. The molecule has 0 fully saturated rings. The second kappa shape index (κ2) is 5.18. The van der Waals surface area contributed by atoms with Crippen LogP contribution in [0.2, 0.25) is 0 Å². The van der Waals surface area contributed by atoms with Crippen LogP contribution in [-0.4, -0.2) is 10.9 Å². The molecule has 0 saturated carbocycles. The van der Waals surface area contributed by atoms with E-state index in [2.05, 4.69) is 42.3 Å². The molecular weight excluding hydrogens is 238 g/mol. The first-order chi connectivity index (χ1) is 8.97. The molecule has 100 valence electrons. The number of nitrogen functional groups attached to an aromatic ring is 1. The molecule has 1 heterocycles. The van der Waals surface area contributed by atoms with Crippen molar-refractivity contribution in [2.45, 2.75) is 26.8 Å². The average molecular weight is 257 g/mol. The SMILES string of the molecule is Cc1ccc(C(C)NC(=O)c2cc(N)c[nH]2)c(C)c1. The van der Waals surface area contributed by atoms with Crippen molar-refractivity contribution in [2.75, 3.05) is 5.73 Å². The fourth-order valence-electron chi connectivity index (χ4n) is 2.21. The van der Waals surface area contributed by atoms with Crippen LogP contribution in [0, 0.1) is 13.8 Å². The smallest absolute Gasteiger partial charge is 0.268 e. The van der Waals surface area contributed by atoms with E-state index in [4.69, 9.17) is 5.73 Å². The molecule has 0 aliphatic carbocycles. The summed E-state index contributed by atoms with van der Waals surface area (Å²) < 4.78 is 0. The van der Waals surface area contributed by atoms with Gasteiger partial charge in [-0.2, -0.15) is 0 Å². The van der Waals surface area contributed by atoms with Crippen molar-refractivity contribution < 1.29 is 4.79 Å². The highest BCUT2D eigenvalue weighted by Gasteiger charge is 2.14. The minimum absolute atomic E-state index is 0.0439. The zero-order valence-electron chi connectivity index (χ0n) is 11.4. The molecule has 19 heavy (non-hydrogen) atoms. The van der Waals surface area contributed by atoms with E-state index in [9.17, 15) is 4.79 Å². The van der Waals surface area contributed by atoms with E-state index in [0.717, 1.165) is 5.56 Å². The average Bonchev–Trinajstić information content (AvgIpc) is 2.75. The number of carbonyl (C=O) groups excluding carboxylic acids is 1. The number of aromatic nitrogens is 1. The molecule has 2 aromatic rings. The van der Waals surface area contributed by atoms with Gasteiger partial charge in [0, 0.05) is 11.9 Å². The number of aryl methyl sites for hydroxylation is 2. The minimum atomic E-state index is -0.149. The summed E-state index contributed by atoms with van der Waals surface area (Å²) in [7, 11) is 0. The summed E-state index contributed by atoms with van der Waals surface area (Å²) in [6, 6.07) is 7.81. The number of anilines is 1. The number of hydrogen-bond donors (Lipinski definition) is 3. The molecule has 1 unspecified atom stereocenters. The van der Waals surface area contributed by atoms with Crippen molar-refractivity contribution in [2.24, 2.45) is 0 Å². The monoisotopic (exact) mass is 257 g/mol. The molecule has 4 heteroatoms. The highest BCUT2D eigenvalue weighted by Crippen LogP contribution is 2.19. The van der Waals surface area contributed by atoms with E-state index in [1.54, 1.807) is 12.3 Å². The molecule has 0 spiro atoms. The maximum Gasteiger partial charge on any atom is 0.268 e. The Balaban J connectivity index is 2.12. The van der Waals surface area contributed by atoms with Crippen LogP contribution in [0.3, 0.4) is 0 Å². The standard InChI is InChI=1S/C15H19N3O/c1-9-4-5-13(10(2)6-9)11(3)18-15(19)14-7-12(16)8-17-14/h4-8,11,17H,16H2,1-3H3,(H,18,19). The Labute approximate surface area is 113 Å². The van der Waals surface area contributed by atoms with Crippen molar-refractivity contribution in [1.82, 2.24) is 10.3 Å². The van der Waals surface area contributed by atoms with Gasteiger partial charge in [-0.3, -0.25) is 4.79 Å². The molecule has 1 aromatic heterocycles. The Morgan fingerprint density at radius 2 is 2.05 bits per heavy atom. The van der Waals surface area contributed by atoms with Crippen molar-refractivity contribution in [3.63, 3.8) is 0 Å². The van der Waals surface area contributed by atoms with Crippen molar-refractivity contribution >= 4 is 11.6 Å². The van der Waals surface area contributed by atoms with Gasteiger partial charge in [-0.05, 0) is 38.0 Å². The van der Waals surface area contributed by atoms with Gasteiger partial charge in [0.05, 0.1) is 6.04 Å². The van der Waals surface area contributed by atoms with Gasteiger partial charge in [-0.25, -0.2) is 0 Å². The number of H-pyrrole nitrogens is 1. The van der Waals surface area contributed by atoms with Crippen LogP contribution in [0.4, 0.5) is 5.69 Å². The van der Waals surface area contributed by atoms with Gasteiger partial charge in [0.1, 0.15) is 5.69 Å². The van der Waals surface area contributed by atoms with E-state index in [-0.39, 0.29) is 11.9 Å². The zero-order valence-corrected chi connectivity index (χ0v) is 11.4. The molecule has 1 atom stereocenters. The predicted molar refractivity (Wildman–Crippen MR) is 77.0 cm³/mol. The number of hydrogen-bond acceptors (Lipinski definition) is 2. The quantitative estimate of drug-likeness (QED) is 0.791. The van der Waals surface area contributed by atoms with Gasteiger partial charge in [-0.1, -0.05) is 23.8 Å². The number of benzene rings is 1. The van der Waals surface area contributed by atoms with Gasteiger partial charge in [0.2, 0.25) is 0 Å². The minimum Gasteiger partial charge on any atom is -0.397 e. The zero-order chi connectivity index (χ0) is 14.0. The van der Waals surface area contributed by atoms with Crippen molar-refractivity contribution in [3.8, 4) is 0 Å². The van der Waals surface area contributed by atoms with Crippen molar-refractivity contribution in [3.05, 3.63) is 52.8 Å². The van der Waals surface area contributed by atoms with Gasteiger partial charge in [-0.15, -0.1) is 0 Å². The summed E-state index contributed by atoms with van der Waals surface area (Å²) in [6.07, 6.45) is 1.61. The molecule has 0 aliphatic rings. The number of rotatable bonds is 3. The number of nitrogens with one attached hydrogen (secondary N) is 2. The second-order valence-electron chi connectivity index (χ2n) is 4.90. The number of amides is 1. The Morgan fingerprint density at radius 1 is 1.32 bits per heavy atom. The maximum absolute atomic E-state index is 12.0. The third kappa shape index (κ3) is 2.96. The third-order valence-corrected chi connectivity index (χ3v) is 3.19. The van der Waals surface area contributed by atoms with E-state index >= 15 is 0 Å². The molecule has 4 N–H and O–H groups in total. The fourth-order valence-corrected chi connectivity index (χ4v) is 2.21. The van der Waals surface area contributed by atoms with Crippen LogP contribution in [0.25, 0.3) is 0 Å².